The summed E-state index contributed by atoms with van der Waals surface area (Å²) in [5.74, 6) is 1.75. The molecule has 0 radical (unpaired) electrons. The van der Waals surface area contributed by atoms with Gasteiger partial charge in [0.2, 0.25) is 0 Å². The molecule has 12 heavy (non-hydrogen) atoms. The number of hydrogen-bond acceptors (Lipinski definition) is 1. The molecule has 1 unspecified atom stereocenters. The zero-order valence-corrected chi connectivity index (χ0v) is 8.43. The van der Waals surface area contributed by atoms with Crippen LogP contribution in [-0.4, -0.2) is 11.7 Å². The van der Waals surface area contributed by atoms with Gasteiger partial charge in [0.25, 0.3) is 0 Å². The molecule has 1 N–H and O–H groups in total. The standard InChI is InChI=1S/C11H20O/c1-10(2)8(4-5-12)6-9-7-11(9,10)3/h8-9,12H,4-7H2,1-3H3/t8-,9?,11-/m0/s1. The maximum atomic E-state index is 8.94. The number of fused-ring (bicyclic) bond motifs is 1. The van der Waals surface area contributed by atoms with Crippen molar-refractivity contribution in [3.05, 3.63) is 0 Å². The summed E-state index contributed by atoms with van der Waals surface area (Å²) in [5, 5.41) is 8.94. The SMILES string of the molecule is CC1(C)[C@@H](CCO)CC2C[C@@]21C. The third-order valence-corrected chi connectivity index (χ3v) is 4.95. The first-order valence-electron chi connectivity index (χ1n) is 5.13. The smallest absolute Gasteiger partial charge is 0.0433 e. The largest absolute Gasteiger partial charge is 0.396 e. The van der Waals surface area contributed by atoms with E-state index < -0.39 is 0 Å². The Morgan fingerprint density at radius 1 is 1.33 bits per heavy atom. The fourth-order valence-electron chi connectivity index (χ4n) is 3.32. The van der Waals surface area contributed by atoms with Gasteiger partial charge in [-0.15, -0.1) is 0 Å². The van der Waals surface area contributed by atoms with E-state index in [0.717, 1.165) is 18.3 Å². The Balaban J connectivity index is 2.12. The van der Waals surface area contributed by atoms with Crippen LogP contribution in [-0.2, 0) is 0 Å². The molecular formula is C11H20O. The molecule has 1 nitrogen and oxygen atoms in total. The Morgan fingerprint density at radius 3 is 2.42 bits per heavy atom. The summed E-state index contributed by atoms with van der Waals surface area (Å²) < 4.78 is 0. The molecule has 2 aliphatic rings. The van der Waals surface area contributed by atoms with Crippen molar-refractivity contribution in [2.24, 2.45) is 22.7 Å². The van der Waals surface area contributed by atoms with Gasteiger partial charge in [-0.25, -0.2) is 0 Å². The highest BCUT2D eigenvalue weighted by atomic mass is 16.3. The van der Waals surface area contributed by atoms with Gasteiger partial charge in [0.15, 0.2) is 0 Å². The minimum atomic E-state index is 0.372. The van der Waals surface area contributed by atoms with E-state index >= 15 is 0 Å². The number of rotatable bonds is 2. The molecule has 2 rings (SSSR count). The lowest BCUT2D eigenvalue weighted by atomic mass is 9.70. The molecule has 2 saturated carbocycles. The molecule has 0 aromatic heterocycles. The third kappa shape index (κ3) is 0.834. The van der Waals surface area contributed by atoms with Crippen LogP contribution < -0.4 is 0 Å². The van der Waals surface area contributed by atoms with E-state index in [9.17, 15) is 0 Å². The highest BCUT2D eigenvalue weighted by Gasteiger charge is 2.66. The molecule has 0 spiro atoms. The molecule has 0 heterocycles. The van der Waals surface area contributed by atoms with Crippen LogP contribution in [0.4, 0.5) is 0 Å². The predicted molar refractivity (Wildman–Crippen MR) is 49.8 cm³/mol. The normalized spacial score (nSPS) is 49.0. The van der Waals surface area contributed by atoms with Gasteiger partial charge in [-0.1, -0.05) is 20.8 Å². The van der Waals surface area contributed by atoms with Crippen molar-refractivity contribution in [3.8, 4) is 0 Å². The molecule has 0 aromatic carbocycles. The van der Waals surface area contributed by atoms with Crippen LogP contribution in [0.1, 0.15) is 40.0 Å². The van der Waals surface area contributed by atoms with Crippen LogP contribution in [0.15, 0.2) is 0 Å². The minimum Gasteiger partial charge on any atom is -0.396 e. The lowest BCUT2D eigenvalue weighted by Crippen LogP contribution is -2.28. The summed E-state index contributed by atoms with van der Waals surface area (Å²) >= 11 is 0. The second kappa shape index (κ2) is 2.25. The molecule has 2 aliphatic carbocycles. The van der Waals surface area contributed by atoms with Gasteiger partial charge < -0.3 is 5.11 Å². The second-order valence-corrected chi connectivity index (χ2v) is 5.49. The zero-order valence-electron chi connectivity index (χ0n) is 8.43. The van der Waals surface area contributed by atoms with Crippen LogP contribution in [0.3, 0.4) is 0 Å². The van der Waals surface area contributed by atoms with Gasteiger partial charge in [-0.3, -0.25) is 0 Å². The summed E-state index contributed by atoms with van der Waals surface area (Å²) in [5.41, 5.74) is 1.09. The lowest BCUT2D eigenvalue weighted by molar-refractivity contribution is 0.119. The number of hydrogen-bond donors (Lipinski definition) is 1. The van der Waals surface area contributed by atoms with Crippen molar-refractivity contribution < 1.29 is 5.11 Å². The average Bonchev–Trinajstić information content (AvgIpc) is 2.58. The molecule has 0 amide bonds. The van der Waals surface area contributed by atoms with Crippen molar-refractivity contribution in [2.45, 2.75) is 40.0 Å². The van der Waals surface area contributed by atoms with Gasteiger partial charge >= 0.3 is 0 Å². The van der Waals surface area contributed by atoms with Gasteiger partial charge in [-0.2, -0.15) is 0 Å². The van der Waals surface area contributed by atoms with Crippen molar-refractivity contribution >= 4 is 0 Å². The van der Waals surface area contributed by atoms with Crippen molar-refractivity contribution in [1.82, 2.24) is 0 Å². The quantitative estimate of drug-likeness (QED) is 0.671. The number of aliphatic hydroxyl groups excluding tert-OH is 1. The Labute approximate surface area is 75.2 Å². The molecule has 3 atom stereocenters. The maximum absolute atomic E-state index is 8.94. The Hall–Kier alpha value is -0.0400. The first-order chi connectivity index (χ1) is 5.52. The van der Waals surface area contributed by atoms with Crippen molar-refractivity contribution in [1.29, 1.82) is 0 Å². The van der Waals surface area contributed by atoms with Gasteiger partial charge in [-0.05, 0) is 41.9 Å². The van der Waals surface area contributed by atoms with Crippen molar-refractivity contribution in [2.75, 3.05) is 6.61 Å². The summed E-state index contributed by atoms with van der Waals surface area (Å²) in [7, 11) is 0. The van der Waals surface area contributed by atoms with Crippen molar-refractivity contribution in [3.63, 3.8) is 0 Å². The summed E-state index contributed by atoms with van der Waals surface area (Å²) in [6.07, 6.45) is 3.81. The van der Waals surface area contributed by atoms with Crippen LogP contribution >= 0.6 is 0 Å². The fraction of sp³-hybridized carbons (Fsp3) is 1.00. The molecule has 1 heteroatoms. The van der Waals surface area contributed by atoms with Gasteiger partial charge in [0.1, 0.15) is 0 Å². The molecule has 70 valence electrons. The Kier molecular flexibility index (Phi) is 1.61. The fourth-order valence-corrected chi connectivity index (χ4v) is 3.32. The monoisotopic (exact) mass is 168 g/mol. The van der Waals surface area contributed by atoms with E-state index in [2.05, 4.69) is 20.8 Å². The minimum absolute atomic E-state index is 0.372. The topological polar surface area (TPSA) is 20.2 Å². The van der Waals surface area contributed by atoms with Crippen LogP contribution in [0.25, 0.3) is 0 Å². The van der Waals surface area contributed by atoms with E-state index in [1.165, 1.54) is 12.8 Å². The summed E-state index contributed by atoms with van der Waals surface area (Å²) in [6.45, 7) is 7.58. The van der Waals surface area contributed by atoms with Gasteiger partial charge in [0.05, 0.1) is 0 Å². The molecule has 0 aliphatic heterocycles. The molecule has 0 aromatic rings. The van der Waals surface area contributed by atoms with E-state index in [-0.39, 0.29) is 0 Å². The first kappa shape index (κ1) is 8.55. The zero-order chi connectivity index (χ0) is 8.98. The molecule has 0 saturated heterocycles. The summed E-state index contributed by atoms with van der Waals surface area (Å²) in [6, 6.07) is 0. The Morgan fingerprint density at radius 2 is 2.00 bits per heavy atom. The number of aliphatic hydroxyl groups is 1. The van der Waals surface area contributed by atoms with Crippen LogP contribution in [0.5, 0.6) is 0 Å². The average molecular weight is 168 g/mol. The Bertz CT molecular complexity index is 197. The van der Waals surface area contributed by atoms with E-state index in [1.807, 2.05) is 0 Å². The maximum Gasteiger partial charge on any atom is 0.0433 e. The van der Waals surface area contributed by atoms with E-state index in [1.54, 1.807) is 0 Å². The van der Waals surface area contributed by atoms with Crippen LogP contribution in [0, 0.1) is 22.7 Å². The second-order valence-electron chi connectivity index (χ2n) is 5.49. The third-order valence-electron chi connectivity index (χ3n) is 4.95. The molecule has 2 fully saturated rings. The van der Waals surface area contributed by atoms with E-state index in [0.29, 0.717) is 17.4 Å². The predicted octanol–water partition coefficient (Wildman–Crippen LogP) is 2.44. The first-order valence-corrected chi connectivity index (χ1v) is 5.13. The van der Waals surface area contributed by atoms with Gasteiger partial charge in [0, 0.05) is 6.61 Å². The molecule has 0 bridgehead atoms. The van der Waals surface area contributed by atoms with Crippen LogP contribution in [0.2, 0.25) is 0 Å². The summed E-state index contributed by atoms with van der Waals surface area (Å²) in [4.78, 5) is 0. The highest BCUT2D eigenvalue weighted by Crippen LogP contribution is 2.74. The lowest BCUT2D eigenvalue weighted by Gasteiger charge is -2.35. The highest BCUT2D eigenvalue weighted by molar-refractivity contribution is 5.15. The van der Waals surface area contributed by atoms with E-state index in [4.69, 9.17) is 5.11 Å². The molecular weight excluding hydrogens is 148 g/mol.